The SMILES string of the molecule is CCOC(=O)/C=C\c1cn(-c2ccccc2)nc1-c1ccc(OC)cc1. The van der Waals surface area contributed by atoms with Crippen LogP contribution in [0.2, 0.25) is 0 Å². The van der Waals surface area contributed by atoms with Crippen LogP contribution in [0.3, 0.4) is 0 Å². The molecule has 0 spiro atoms. The highest BCUT2D eigenvalue weighted by Gasteiger charge is 2.11. The summed E-state index contributed by atoms with van der Waals surface area (Å²) < 4.78 is 12.0. The smallest absolute Gasteiger partial charge is 0.330 e. The van der Waals surface area contributed by atoms with Crippen molar-refractivity contribution in [2.24, 2.45) is 0 Å². The van der Waals surface area contributed by atoms with E-state index in [1.54, 1.807) is 24.8 Å². The third-order valence-electron chi connectivity index (χ3n) is 3.81. The molecule has 0 unspecified atom stereocenters. The minimum absolute atomic E-state index is 0.345. The van der Waals surface area contributed by atoms with Crippen LogP contribution in [0, 0.1) is 0 Å². The molecule has 0 saturated heterocycles. The number of nitrogens with zero attached hydrogens (tertiary/aromatic N) is 2. The lowest BCUT2D eigenvalue weighted by Crippen LogP contribution is -1.98. The Balaban J connectivity index is 2.02. The number of para-hydroxylation sites is 1. The Morgan fingerprint density at radius 3 is 2.50 bits per heavy atom. The van der Waals surface area contributed by atoms with E-state index in [4.69, 9.17) is 14.6 Å². The van der Waals surface area contributed by atoms with E-state index in [2.05, 4.69) is 0 Å². The summed E-state index contributed by atoms with van der Waals surface area (Å²) in [6, 6.07) is 17.5. The lowest BCUT2D eigenvalue weighted by molar-refractivity contribution is -0.137. The summed E-state index contributed by atoms with van der Waals surface area (Å²) in [5.74, 6) is 0.403. The molecule has 0 atom stereocenters. The number of hydrogen-bond acceptors (Lipinski definition) is 4. The average Bonchev–Trinajstić information content (AvgIpc) is 3.12. The Hall–Kier alpha value is -3.34. The lowest BCUT2D eigenvalue weighted by atomic mass is 10.1. The zero-order valence-electron chi connectivity index (χ0n) is 14.8. The zero-order chi connectivity index (χ0) is 18.4. The van der Waals surface area contributed by atoms with Crippen LogP contribution < -0.4 is 4.74 Å². The second kappa shape index (κ2) is 8.16. The molecule has 0 N–H and O–H groups in total. The van der Waals surface area contributed by atoms with Gasteiger partial charge >= 0.3 is 5.97 Å². The van der Waals surface area contributed by atoms with Crippen molar-refractivity contribution in [1.29, 1.82) is 0 Å². The molecule has 26 heavy (non-hydrogen) atoms. The molecule has 3 rings (SSSR count). The van der Waals surface area contributed by atoms with E-state index >= 15 is 0 Å². The first kappa shape index (κ1) is 17.5. The van der Waals surface area contributed by atoms with Crippen LogP contribution in [-0.2, 0) is 9.53 Å². The van der Waals surface area contributed by atoms with Crippen molar-refractivity contribution < 1.29 is 14.3 Å². The molecule has 1 aromatic heterocycles. The summed E-state index contributed by atoms with van der Waals surface area (Å²) in [6.07, 6.45) is 5.04. The molecule has 0 bridgehead atoms. The molecule has 0 amide bonds. The summed E-state index contributed by atoms with van der Waals surface area (Å²) in [6.45, 7) is 2.12. The Morgan fingerprint density at radius 1 is 1.12 bits per heavy atom. The van der Waals surface area contributed by atoms with Crippen LogP contribution in [0.25, 0.3) is 23.0 Å². The topological polar surface area (TPSA) is 53.4 Å². The standard InChI is InChI=1S/C21H20N2O3/c1-3-26-20(24)14-11-17-15-23(18-7-5-4-6-8-18)22-21(17)16-9-12-19(25-2)13-10-16/h4-15H,3H2,1-2H3/b14-11-. The molecule has 0 radical (unpaired) electrons. The van der Waals surface area contributed by atoms with Crippen molar-refractivity contribution in [2.45, 2.75) is 6.92 Å². The number of rotatable bonds is 6. The molecule has 2 aromatic carbocycles. The van der Waals surface area contributed by atoms with Crippen LogP contribution in [-0.4, -0.2) is 29.5 Å². The van der Waals surface area contributed by atoms with Gasteiger partial charge in [0.1, 0.15) is 5.75 Å². The van der Waals surface area contributed by atoms with Crippen molar-refractivity contribution in [1.82, 2.24) is 9.78 Å². The molecule has 0 aliphatic rings. The largest absolute Gasteiger partial charge is 0.497 e. The molecule has 5 heteroatoms. The van der Waals surface area contributed by atoms with Crippen LogP contribution in [0.5, 0.6) is 5.75 Å². The Labute approximate surface area is 152 Å². The van der Waals surface area contributed by atoms with Crippen molar-refractivity contribution in [3.63, 3.8) is 0 Å². The molecule has 0 aliphatic heterocycles. The van der Waals surface area contributed by atoms with Crippen molar-refractivity contribution in [2.75, 3.05) is 13.7 Å². The van der Waals surface area contributed by atoms with Gasteiger partial charge in [0.25, 0.3) is 0 Å². The molecule has 3 aromatic rings. The van der Waals surface area contributed by atoms with Gasteiger partial charge in [0.2, 0.25) is 0 Å². The van der Waals surface area contributed by atoms with Gasteiger partial charge in [0.05, 0.1) is 25.1 Å². The molecular weight excluding hydrogens is 328 g/mol. The van der Waals surface area contributed by atoms with E-state index in [0.717, 1.165) is 28.3 Å². The quantitative estimate of drug-likeness (QED) is 0.497. The van der Waals surface area contributed by atoms with Gasteiger partial charge in [0, 0.05) is 23.4 Å². The molecule has 132 valence electrons. The molecular formula is C21H20N2O3. The predicted octanol–water partition coefficient (Wildman–Crippen LogP) is 4.12. The van der Waals surface area contributed by atoms with E-state index in [1.807, 2.05) is 60.8 Å². The number of hydrogen-bond donors (Lipinski definition) is 0. The number of esters is 1. The minimum atomic E-state index is -0.374. The first-order chi connectivity index (χ1) is 12.7. The van der Waals surface area contributed by atoms with E-state index in [9.17, 15) is 4.79 Å². The fraction of sp³-hybridized carbons (Fsp3) is 0.143. The van der Waals surface area contributed by atoms with Crippen molar-refractivity contribution in [3.8, 4) is 22.7 Å². The third kappa shape index (κ3) is 4.00. The van der Waals surface area contributed by atoms with Gasteiger partial charge in [-0.25, -0.2) is 9.48 Å². The van der Waals surface area contributed by atoms with Crippen LogP contribution in [0.4, 0.5) is 0 Å². The molecule has 0 aliphatic carbocycles. The zero-order valence-corrected chi connectivity index (χ0v) is 14.8. The van der Waals surface area contributed by atoms with Gasteiger partial charge < -0.3 is 9.47 Å². The van der Waals surface area contributed by atoms with Gasteiger partial charge in [-0.05, 0) is 49.4 Å². The fourth-order valence-corrected chi connectivity index (χ4v) is 2.54. The summed E-state index contributed by atoms with van der Waals surface area (Å²) in [4.78, 5) is 11.7. The fourth-order valence-electron chi connectivity index (χ4n) is 2.54. The van der Waals surface area contributed by atoms with Gasteiger partial charge in [-0.3, -0.25) is 0 Å². The van der Waals surface area contributed by atoms with Gasteiger partial charge in [0.15, 0.2) is 0 Å². The number of aromatic nitrogens is 2. The highest BCUT2D eigenvalue weighted by Crippen LogP contribution is 2.26. The highest BCUT2D eigenvalue weighted by molar-refractivity contribution is 5.88. The second-order valence-corrected chi connectivity index (χ2v) is 5.53. The number of carbonyl (C=O) groups is 1. The Bertz CT molecular complexity index is 897. The van der Waals surface area contributed by atoms with E-state index < -0.39 is 0 Å². The van der Waals surface area contributed by atoms with Crippen LogP contribution in [0.15, 0.2) is 66.9 Å². The maximum atomic E-state index is 11.7. The summed E-state index contributed by atoms with van der Waals surface area (Å²) in [7, 11) is 1.63. The summed E-state index contributed by atoms with van der Waals surface area (Å²) in [5, 5.41) is 4.70. The second-order valence-electron chi connectivity index (χ2n) is 5.53. The number of methoxy groups -OCH3 is 1. The van der Waals surface area contributed by atoms with E-state index in [1.165, 1.54) is 6.08 Å². The number of ether oxygens (including phenoxy) is 2. The number of benzene rings is 2. The monoisotopic (exact) mass is 348 g/mol. The lowest BCUT2D eigenvalue weighted by Gasteiger charge is -2.02. The molecule has 1 heterocycles. The van der Waals surface area contributed by atoms with Gasteiger partial charge in [-0.15, -0.1) is 0 Å². The average molecular weight is 348 g/mol. The minimum Gasteiger partial charge on any atom is -0.497 e. The van der Waals surface area contributed by atoms with Crippen LogP contribution >= 0.6 is 0 Å². The summed E-state index contributed by atoms with van der Waals surface area (Å²) in [5.41, 5.74) is 3.48. The van der Waals surface area contributed by atoms with Gasteiger partial charge in [-0.1, -0.05) is 18.2 Å². The maximum absolute atomic E-state index is 11.7. The normalized spacial score (nSPS) is 10.8. The van der Waals surface area contributed by atoms with Crippen molar-refractivity contribution in [3.05, 3.63) is 72.4 Å². The molecule has 5 nitrogen and oxygen atoms in total. The summed E-state index contributed by atoms with van der Waals surface area (Å²) >= 11 is 0. The van der Waals surface area contributed by atoms with Crippen molar-refractivity contribution >= 4 is 12.0 Å². The third-order valence-corrected chi connectivity index (χ3v) is 3.81. The predicted molar refractivity (Wildman–Crippen MR) is 101 cm³/mol. The Kier molecular flexibility index (Phi) is 5.49. The molecule has 0 fully saturated rings. The van der Waals surface area contributed by atoms with Gasteiger partial charge in [-0.2, -0.15) is 5.10 Å². The Morgan fingerprint density at radius 2 is 1.85 bits per heavy atom. The molecule has 0 saturated carbocycles. The first-order valence-corrected chi connectivity index (χ1v) is 8.35. The van der Waals surface area contributed by atoms with E-state index in [-0.39, 0.29) is 5.97 Å². The van der Waals surface area contributed by atoms with E-state index in [0.29, 0.717) is 6.61 Å². The van der Waals surface area contributed by atoms with Crippen LogP contribution in [0.1, 0.15) is 12.5 Å². The first-order valence-electron chi connectivity index (χ1n) is 8.35. The number of carbonyl (C=O) groups excluding carboxylic acids is 1. The maximum Gasteiger partial charge on any atom is 0.330 e. The highest BCUT2D eigenvalue weighted by atomic mass is 16.5.